The van der Waals surface area contributed by atoms with Gasteiger partial charge in [-0.1, -0.05) is 11.6 Å². The molecule has 1 heterocycles. The molecule has 0 aromatic carbocycles. The lowest BCUT2D eigenvalue weighted by Crippen LogP contribution is -2.20. The minimum atomic E-state index is -0.511. The maximum Gasteiger partial charge on any atom is 0.341 e. The molecule has 0 aliphatic carbocycles. The minimum absolute atomic E-state index is 0.123. The third kappa shape index (κ3) is 3.73. The Morgan fingerprint density at radius 3 is 3.00 bits per heavy atom. The van der Waals surface area contributed by atoms with Crippen LogP contribution in [0.1, 0.15) is 17.3 Å². The lowest BCUT2D eigenvalue weighted by Gasteiger charge is -2.12. The average Bonchev–Trinajstić information content (AvgIpc) is 2.21. The SMILES string of the molecule is COCC(C)OC(=O)c1cc(Br)cnc1Cl. The van der Waals surface area contributed by atoms with E-state index in [-0.39, 0.29) is 16.8 Å². The molecular weight excluding hydrogens is 297 g/mol. The first-order chi connectivity index (χ1) is 7.54. The van der Waals surface area contributed by atoms with Gasteiger partial charge in [-0.2, -0.15) is 0 Å². The standard InChI is InChI=1S/C10H11BrClNO3/c1-6(5-15-2)16-10(14)8-3-7(11)4-13-9(8)12/h3-4,6H,5H2,1-2H3. The van der Waals surface area contributed by atoms with Gasteiger partial charge in [0.25, 0.3) is 0 Å². The fourth-order valence-electron chi connectivity index (χ4n) is 1.08. The van der Waals surface area contributed by atoms with Crippen LogP contribution in [0.2, 0.25) is 5.15 Å². The monoisotopic (exact) mass is 307 g/mol. The maximum absolute atomic E-state index is 11.7. The number of ether oxygens (including phenoxy) is 2. The van der Waals surface area contributed by atoms with Gasteiger partial charge >= 0.3 is 5.97 Å². The molecule has 0 bridgehead atoms. The first-order valence-electron chi connectivity index (χ1n) is 4.55. The van der Waals surface area contributed by atoms with Crippen molar-refractivity contribution in [3.05, 3.63) is 27.5 Å². The number of esters is 1. The summed E-state index contributed by atoms with van der Waals surface area (Å²) in [6.07, 6.45) is 1.19. The zero-order chi connectivity index (χ0) is 12.1. The first-order valence-corrected chi connectivity index (χ1v) is 5.72. The number of carbonyl (C=O) groups excluding carboxylic acids is 1. The van der Waals surface area contributed by atoms with Crippen molar-refractivity contribution in [3.63, 3.8) is 0 Å². The molecule has 0 N–H and O–H groups in total. The van der Waals surface area contributed by atoms with Crippen molar-refractivity contribution in [3.8, 4) is 0 Å². The second-order valence-corrected chi connectivity index (χ2v) is 4.44. The van der Waals surface area contributed by atoms with Crippen LogP contribution >= 0.6 is 27.5 Å². The molecule has 1 atom stereocenters. The fourth-order valence-corrected chi connectivity index (χ4v) is 1.59. The zero-order valence-corrected chi connectivity index (χ0v) is 11.2. The molecule has 0 radical (unpaired) electrons. The number of rotatable bonds is 4. The molecule has 1 rings (SSSR count). The summed E-state index contributed by atoms with van der Waals surface area (Å²) in [6.45, 7) is 2.07. The number of nitrogens with zero attached hydrogens (tertiary/aromatic N) is 1. The van der Waals surface area contributed by atoms with E-state index in [0.717, 1.165) is 0 Å². The van der Waals surface area contributed by atoms with Crippen molar-refractivity contribution in [2.45, 2.75) is 13.0 Å². The smallest absolute Gasteiger partial charge is 0.341 e. The van der Waals surface area contributed by atoms with Crippen LogP contribution in [0.3, 0.4) is 0 Å². The number of methoxy groups -OCH3 is 1. The normalized spacial score (nSPS) is 12.2. The Bertz CT molecular complexity index is 386. The van der Waals surface area contributed by atoms with Gasteiger partial charge in [-0.15, -0.1) is 0 Å². The number of halogens is 2. The van der Waals surface area contributed by atoms with Crippen molar-refractivity contribution in [2.75, 3.05) is 13.7 Å². The summed E-state index contributed by atoms with van der Waals surface area (Å²) in [4.78, 5) is 15.5. The third-order valence-corrected chi connectivity index (χ3v) is 2.47. The topological polar surface area (TPSA) is 48.4 Å². The summed E-state index contributed by atoms with van der Waals surface area (Å²) < 4.78 is 10.6. The van der Waals surface area contributed by atoms with Crippen LogP contribution in [-0.2, 0) is 9.47 Å². The van der Waals surface area contributed by atoms with E-state index in [4.69, 9.17) is 21.1 Å². The molecule has 1 aromatic heterocycles. The highest BCUT2D eigenvalue weighted by Gasteiger charge is 2.16. The lowest BCUT2D eigenvalue weighted by molar-refractivity contribution is 0.0120. The molecule has 6 heteroatoms. The molecule has 1 aromatic rings. The van der Waals surface area contributed by atoms with E-state index in [1.165, 1.54) is 13.3 Å². The van der Waals surface area contributed by atoms with E-state index in [9.17, 15) is 4.79 Å². The number of hydrogen-bond donors (Lipinski definition) is 0. The Morgan fingerprint density at radius 1 is 1.69 bits per heavy atom. The van der Waals surface area contributed by atoms with Gasteiger partial charge in [0.15, 0.2) is 0 Å². The van der Waals surface area contributed by atoms with Gasteiger partial charge in [0.2, 0.25) is 0 Å². The van der Waals surface area contributed by atoms with Crippen molar-refractivity contribution in [1.82, 2.24) is 4.98 Å². The molecule has 16 heavy (non-hydrogen) atoms. The Morgan fingerprint density at radius 2 is 2.38 bits per heavy atom. The summed E-state index contributed by atoms with van der Waals surface area (Å²) in [5.74, 6) is -0.511. The lowest BCUT2D eigenvalue weighted by atomic mass is 10.3. The summed E-state index contributed by atoms with van der Waals surface area (Å²) in [7, 11) is 1.54. The predicted octanol–water partition coefficient (Wildman–Crippen LogP) is 2.69. The molecule has 0 saturated carbocycles. The van der Waals surface area contributed by atoms with Gasteiger partial charge in [0, 0.05) is 17.8 Å². The van der Waals surface area contributed by atoms with Crippen LogP contribution in [0, 0.1) is 0 Å². The summed E-state index contributed by atoms with van der Waals surface area (Å²) in [5, 5.41) is 0.123. The van der Waals surface area contributed by atoms with Crippen LogP contribution in [-0.4, -0.2) is 30.8 Å². The number of hydrogen-bond acceptors (Lipinski definition) is 4. The quantitative estimate of drug-likeness (QED) is 0.634. The summed E-state index contributed by atoms with van der Waals surface area (Å²) in [6, 6.07) is 1.57. The zero-order valence-electron chi connectivity index (χ0n) is 8.87. The highest BCUT2D eigenvalue weighted by Crippen LogP contribution is 2.19. The van der Waals surface area contributed by atoms with Gasteiger partial charge in [0.05, 0.1) is 12.2 Å². The third-order valence-electron chi connectivity index (χ3n) is 1.74. The molecule has 0 aliphatic rings. The first kappa shape index (κ1) is 13.4. The molecule has 0 fully saturated rings. The highest BCUT2D eigenvalue weighted by atomic mass is 79.9. The molecular formula is C10H11BrClNO3. The van der Waals surface area contributed by atoms with Crippen molar-refractivity contribution < 1.29 is 14.3 Å². The second-order valence-electron chi connectivity index (χ2n) is 3.16. The van der Waals surface area contributed by atoms with Crippen molar-refractivity contribution in [1.29, 1.82) is 0 Å². The van der Waals surface area contributed by atoms with Gasteiger partial charge in [-0.3, -0.25) is 0 Å². The van der Waals surface area contributed by atoms with E-state index in [1.54, 1.807) is 13.0 Å². The van der Waals surface area contributed by atoms with Crippen LogP contribution in [0.15, 0.2) is 16.7 Å². The van der Waals surface area contributed by atoms with E-state index in [1.807, 2.05) is 0 Å². The van der Waals surface area contributed by atoms with Crippen molar-refractivity contribution in [2.24, 2.45) is 0 Å². The Hall–Kier alpha value is -0.650. The number of carbonyl (C=O) groups is 1. The molecule has 1 unspecified atom stereocenters. The van der Waals surface area contributed by atoms with E-state index >= 15 is 0 Å². The van der Waals surface area contributed by atoms with Crippen LogP contribution in [0.4, 0.5) is 0 Å². The summed E-state index contributed by atoms with van der Waals surface area (Å²) >= 11 is 9.00. The summed E-state index contributed by atoms with van der Waals surface area (Å²) in [5.41, 5.74) is 0.235. The molecule has 88 valence electrons. The molecule has 0 aliphatic heterocycles. The number of pyridine rings is 1. The maximum atomic E-state index is 11.7. The molecule has 0 spiro atoms. The van der Waals surface area contributed by atoms with E-state index in [2.05, 4.69) is 20.9 Å². The van der Waals surface area contributed by atoms with Crippen LogP contribution < -0.4 is 0 Å². The fraction of sp³-hybridized carbons (Fsp3) is 0.400. The Balaban J connectivity index is 2.76. The Kier molecular flexibility index (Phi) is 5.18. The predicted molar refractivity (Wildman–Crippen MR) is 63.7 cm³/mol. The molecule has 4 nitrogen and oxygen atoms in total. The van der Waals surface area contributed by atoms with Crippen LogP contribution in [0.25, 0.3) is 0 Å². The number of aromatic nitrogens is 1. The minimum Gasteiger partial charge on any atom is -0.457 e. The van der Waals surface area contributed by atoms with E-state index < -0.39 is 5.97 Å². The van der Waals surface area contributed by atoms with Gasteiger partial charge < -0.3 is 9.47 Å². The molecule has 0 saturated heterocycles. The molecule has 0 amide bonds. The van der Waals surface area contributed by atoms with Gasteiger partial charge in [-0.25, -0.2) is 9.78 Å². The van der Waals surface area contributed by atoms with E-state index in [0.29, 0.717) is 11.1 Å². The second kappa shape index (κ2) is 6.18. The van der Waals surface area contributed by atoms with Crippen LogP contribution in [0.5, 0.6) is 0 Å². The van der Waals surface area contributed by atoms with Gasteiger partial charge in [0.1, 0.15) is 11.3 Å². The van der Waals surface area contributed by atoms with Crippen molar-refractivity contribution >= 4 is 33.5 Å². The average molecular weight is 309 g/mol. The largest absolute Gasteiger partial charge is 0.457 e. The highest BCUT2D eigenvalue weighted by molar-refractivity contribution is 9.10. The Labute approximate surface area is 107 Å². The van der Waals surface area contributed by atoms with Gasteiger partial charge in [-0.05, 0) is 28.9 Å².